The molecule has 2 fully saturated rings. The Hall–Kier alpha value is -3.17. The largest absolute Gasteiger partial charge is 0.390 e. The van der Waals surface area contributed by atoms with Crippen LogP contribution in [0.1, 0.15) is 61.0 Å². The van der Waals surface area contributed by atoms with Crippen molar-refractivity contribution >= 4 is 17.7 Å². The Kier molecular flexibility index (Phi) is 6.38. The second-order valence-electron chi connectivity index (χ2n) is 10.6. The Morgan fingerprint density at radius 1 is 1.14 bits per heavy atom. The van der Waals surface area contributed by atoms with Gasteiger partial charge in [0.15, 0.2) is 5.82 Å². The minimum absolute atomic E-state index is 0.194. The molecule has 3 aliphatic rings. The van der Waals surface area contributed by atoms with Gasteiger partial charge in [0.2, 0.25) is 11.8 Å². The van der Waals surface area contributed by atoms with Crippen molar-refractivity contribution < 1.29 is 23.9 Å². The lowest BCUT2D eigenvalue weighted by molar-refractivity contribution is -0.136. The van der Waals surface area contributed by atoms with Gasteiger partial charge in [0.05, 0.1) is 5.60 Å². The van der Waals surface area contributed by atoms with Gasteiger partial charge in [0.25, 0.3) is 5.91 Å². The summed E-state index contributed by atoms with van der Waals surface area (Å²) in [4.78, 5) is 44.7. The molecule has 1 unspecified atom stereocenters. The number of benzene rings is 1. The third-order valence-corrected chi connectivity index (χ3v) is 7.75. The first kappa shape index (κ1) is 24.5. The molecule has 0 saturated carbocycles. The molecule has 1 atom stereocenters. The Balaban J connectivity index is 1.32. The second kappa shape index (κ2) is 9.37. The van der Waals surface area contributed by atoms with Crippen LogP contribution < -0.4 is 5.32 Å². The van der Waals surface area contributed by atoms with E-state index in [4.69, 9.17) is 0 Å². The molecule has 2 N–H and O–H groups in total. The maximum absolute atomic E-state index is 15.6. The average molecular weight is 495 g/mol. The molecule has 0 spiro atoms. The van der Waals surface area contributed by atoms with E-state index in [1.165, 1.54) is 4.90 Å². The molecule has 9 heteroatoms. The van der Waals surface area contributed by atoms with Crippen LogP contribution in [0.4, 0.5) is 4.39 Å². The second-order valence-corrected chi connectivity index (χ2v) is 10.6. The Bertz CT molecular complexity index is 1220. The summed E-state index contributed by atoms with van der Waals surface area (Å²) in [6.07, 6.45) is 3.82. The molecule has 0 radical (unpaired) electrons. The van der Waals surface area contributed by atoms with Crippen molar-refractivity contribution in [3.63, 3.8) is 0 Å². The normalized spacial score (nSPS) is 21.6. The first-order chi connectivity index (χ1) is 17.1. The first-order valence-electron chi connectivity index (χ1n) is 12.5. The van der Waals surface area contributed by atoms with E-state index in [0.29, 0.717) is 35.2 Å². The number of carbonyl (C=O) groups excluding carboxylic acids is 3. The molecule has 3 aliphatic heterocycles. The number of amides is 3. The molecule has 1 aromatic heterocycles. The van der Waals surface area contributed by atoms with Crippen molar-refractivity contribution in [2.75, 3.05) is 13.1 Å². The number of nitrogens with one attached hydrogen (secondary N) is 1. The number of carbonyl (C=O) groups is 3. The van der Waals surface area contributed by atoms with Crippen molar-refractivity contribution in [1.82, 2.24) is 20.1 Å². The van der Waals surface area contributed by atoms with Crippen molar-refractivity contribution in [1.29, 1.82) is 0 Å². The van der Waals surface area contributed by atoms with Gasteiger partial charge in [-0.2, -0.15) is 0 Å². The van der Waals surface area contributed by atoms with Crippen molar-refractivity contribution in [3.05, 3.63) is 53.0 Å². The van der Waals surface area contributed by atoms with Crippen LogP contribution in [0.25, 0.3) is 11.3 Å². The van der Waals surface area contributed by atoms with Crippen LogP contribution in [0.2, 0.25) is 0 Å². The fourth-order valence-corrected chi connectivity index (χ4v) is 5.57. The Morgan fingerprint density at radius 2 is 1.89 bits per heavy atom. The predicted molar refractivity (Wildman–Crippen MR) is 130 cm³/mol. The summed E-state index contributed by atoms with van der Waals surface area (Å²) in [7, 11) is 0. The van der Waals surface area contributed by atoms with Crippen LogP contribution in [0.3, 0.4) is 0 Å². The third kappa shape index (κ3) is 4.65. The van der Waals surface area contributed by atoms with Crippen LogP contribution in [0.15, 0.2) is 30.5 Å². The molecule has 0 bridgehead atoms. The molecule has 1 aromatic carbocycles. The highest BCUT2D eigenvalue weighted by atomic mass is 19.1. The number of likely N-dealkylation sites (tertiary alicyclic amines) is 1. The van der Waals surface area contributed by atoms with Crippen LogP contribution in [-0.4, -0.2) is 62.3 Å². The molecule has 3 amide bonds. The number of pyridine rings is 1. The van der Waals surface area contributed by atoms with Crippen molar-refractivity contribution in [2.24, 2.45) is 5.92 Å². The summed E-state index contributed by atoms with van der Waals surface area (Å²) in [6, 6.07) is 6.12. The maximum atomic E-state index is 15.6. The molecule has 0 aliphatic carbocycles. The van der Waals surface area contributed by atoms with E-state index in [9.17, 15) is 19.5 Å². The van der Waals surface area contributed by atoms with E-state index in [0.717, 1.165) is 25.9 Å². The molecule has 5 rings (SSSR count). The van der Waals surface area contributed by atoms with Gasteiger partial charge < -0.3 is 10.0 Å². The van der Waals surface area contributed by atoms with E-state index in [1.54, 1.807) is 30.5 Å². The van der Waals surface area contributed by atoms with Gasteiger partial charge in [-0.05, 0) is 75.9 Å². The molecular weight excluding hydrogens is 463 g/mol. The van der Waals surface area contributed by atoms with E-state index < -0.39 is 17.6 Å². The van der Waals surface area contributed by atoms with E-state index >= 15 is 4.39 Å². The van der Waals surface area contributed by atoms with E-state index in [2.05, 4.69) is 15.2 Å². The van der Waals surface area contributed by atoms with E-state index in [1.807, 2.05) is 13.8 Å². The van der Waals surface area contributed by atoms with Gasteiger partial charge in [-0.15, -0.1) is 0 Å². The molecule has 190 valence electrons. The smallest absolute Gasteiger partial charge is 0.255 e. The number of halogens is 1. The molecule has 2 aromatic rings. The zero-order chi connectivity index (χ0) is 25.6. The Morgan fingerprint density at radius 3 is 2.58 bits per heavy atom. The van der Waals surface area contributed by atoms with Crippen LogP contribution in [0, 0.1) is 11.7 Å². The number of aliphatic hydroxyl groups is 1. The Labute approximate surface area is 209 Å². The SMILES string of the molecule is CC(C)(O)C1CCN(Cc2ccnc(-c3ccc4c(c3)CN(C3CCC(=O)NC3=O)C4=O)c2F)CC1. The number of rotatable bonds is 5. The summed E-state index contributed by atoms with van der Waals surface area (Å²) in [5, 5.41) is 12.6. The zero-order valence-corrected chi connectivity index (χ0v) is 20.6. The van der Waals surface area contributed by atoms with Crippen molar-refractivity contribution in [3.8, 4) is 11.3 Å². The number of fused-ring (bicyclic) bond motifs is 1. The van der Waals surface area contributed by atoms with Crippen molar-refractivity contribution in [2.45, 2.75) is 64.3 Å². The van der Waals surface area contributed by atoms with Gasteiger partial charge in [-0.1, -0.05) is 6.07 Å². The highest BCUT2D eigenvalue weighted by molar-refractivity contribution is 6.05. The average Bonchev–Trinajstić information content (AvgIpc) is 3.15. The molecule has 36 heavy (non-hydrogen) atoms. The summed E-state index contributed by atoms with van der Waals surface area (Å²) in [5.41, 5.74) is 1.85. The lowest BCUT2D eigenvalue weighted by Crippen LogP contribution is -2.52. The summed E-state index contributed by atoms with van der Waals surface area (Å²) in [5.74, 6) is -1.19. The number of nitrogens with zero attached hydrogens (tertiary/aromatic N) is 3. The quantitative estimate of drug-likeness (QED) is 0.620. The first-order valence-corrected chi connectivity index (χ1v) is 12.5. The van der Waals surface area contributed by atoms with Gasteiger partial charge in [0, 0.05) is 42.4 Å². The molecule has 2 saturated heterocycles. The minimum Gasteiger partial charge on any atom is -0.390 e. The predicted octanol–water partition coefficient (Wildman–Crippen LogP) is 2.63. The van der Waals surface area contributed by atoms with Gasteiger partial charge in [0.1, 0.15) is 11.7 Å². The molecule has 8 nitrogen and oxygen atoms in total. The summed E-state index contributed by atoms with van der Waals surface area (Å²) >= 11 is 0. The third-order valence-electron chi connectivity index (χ3n) is 7.75. The zero-order valence-electron chi connectivity index (χ0n) is 20.6. The number of imide groups is 1. The van der Waals surface area contributed by atoms with Gasteiger partial charge >= 0.3 is 0 Å². The highest BCUT2D eigenvalue weighted by Crippen LogP contribution is 2.33. The van der Waals surface area contributed by atoms with Crippen LogP contribution >= 0.6 is 0 Å². The topological polar surface area (TPSA) is 103 Å². The van der Waals surface area contributed by atoms with E-state index in [-0.39, 0.29) is 42.2 Å². The number of hydrogen-bond acceptors (Lipinski definition) is 6. The van der Waals surface area contributed by atoms with Gasteiger partial charge in [-0.3, -0.25) is 29.6 Å². The van der Waals surface area contributed by atoms with Crippen LogP contribution in [-0.2, 0) is 22.7 Å². The molecule has 4 heterocycles. The fourth-order valence-electron chi connectivity index (χ4n) is 5.57. The lowest BCUT2D eigenvalue weighted by atomic mass is 9.83. The monoisotopic (exact) mass is 494 g/mol. The standard InChI is InChI=1S/C27H31FN4O4/c1-27(2,36)19-8-11-31(12-9-19)14-17-7-10-29-24(23(17)28)16-3-4-20-18(13-16)15-32(26(20)35)21-5-6-22(33)30-25(21)34/h3-4,7,10,13,19,21,36H,5-6,8-9,11-12,14-15H2,1-2H3,(H,30,33,34). The minimum atomic E-state index is -0.704. The number of piperidine rings is 2. The maximum Gasteiger partial charge on any atom is 0.255 e. The lowest BCUT2D eigenvalue weighted by Gasteiger charge is -2.37. The summed E-state index contributed by atoms with van der Waals surface area (Å²) < 4.78 is 15.6. The number of hydrogen-bond donors (Lipinski definition) is 2. The van der Waals surface area contributed by atoms with Gasteiger partial charge in [-0.25, -0.2) is 4.39 Å². The number of aromatic nitrogens is 1. The van der Waals surface area contributed by atoms with Crippen LogP contribution in [0.5, 0.6) is 0 Å². The summed E-state index contributed by atoms with van der Waals surface area (Å²) in [6.45, 7) is 5.97. The molecular formula is C27H31FN4O4. The highest BCUT2D eigenvalue weighted by Gasteiger charge is 2.39. The fraction of sp³-hybridized carbons (Fsp3) is 0.481.